The van der Waals surface area contributed by atoms with E-state index in [1.165, 1.54) is 0 Å². The maximum atomic E-state index is 12.4. The van der Waals surface area contributed by atoms with Gasteiger partial charge in [-0.2, -0.15) is 10.4 Å². The van der Waals surface area contributed by atoms with Crippen LogP contribution in [0.25, 0.3) is 31.8 Å². The third-order valence-electron chi connectivity index (χ3n) is 5.98. The number of hydrogen-bond acceptors (Lipinski definition) is 5. The van der Waals surface area contributed by atoms with Crippen molar-refractivity contribution in [3.63, 3.8) is 0 Å². The Balaban J connectivity index is 1.74. The summed E-state index contributed by atoms with van der Waals surface area (Å²) in [5.74, 6) is 0.141. The van der Waals surface area contributed by atoms with Crippen molar-refractivity contribution >= 4 is 27.2 Å². The summed E-state index contributed by atoms with van der Waals surface area (Å²) in [6.07, 6.45) is 2.93. The Labute approximate surface area is 178 Å². The summed E-state index contributed by atoms with van der Waals surface area (Å²) in [5, 5.41) is 15.3. The van der Waals surface area contributed by atoms with Gasteiger partial charge < -0.3 is 5.73 Å². The van der Waals surface area contributed by atoms with Gasteiger partial charge in [0.15, 0.2) is 5.78 Å². The monoisotopic (exact) mass is 412 g/mol. The second-order valence-electron chi connectivity index (χ2n) is 8.05. The number of aromatic nitrogens is 2. The second-order valence-corrected chi connectivity index (χ2v) is 9.10. The van der Waals surface area contributed by atoms with Crippen LogP contribution in [-0.4, -0.2) is 15.6 Å². The van der Waals surface area contributed by atoms with Gasteiger partial charge in [0.2, 0.25) is 0 Å². The number of hydrogen-bond donors (Lipinski definition) is 1. The predicted octanol–water partition coefficient (Wildman–Crippen LogP) is 4.99. The molecule has 0 bridgehead atoms. The molecule has 1 aliphatic rings. The van der Waals surface area contributed by atoms with Crippen molar-refractivity contribution in [2.75, 3.05) is 0 Å². The number of ketones is 1. The molecule has 5 rings (SSSR count). The summed E-state index contributed by atoms with van der Waals surface area (Å²) in [6.45, 7) is 1.98. The molecule has 0 radical (unpaired) electrons. The number of fused-ring (bicyclic) bond motifs is 2. The quantitative estimate of drug-likeness (QED) is 0.503. The normalized spacial score (nSPS) is 18.4. The Morgan fingerprint density at radius 2 is 2.03 bits per heavy atom. The first-order valence-corrected chi connectivity index (χ1v) is 10.6. The van der Waals surface area contributed by atoms with Gasteiger partial charge in [-0.05, 0) is 36.6 Å². The fourth-order valence-corrected chi connectivity index (χ4v) is 5.55. The smallest absolute Gasteiger partial charge is 0.163 e. The van der Waals surface area contributed by atoms with Gasteiger partial charge in [-0.25, -0.2) is 0 Å². The largest absolute Gasteiger partial charge is 0.322 e. The van der Waals surface area contributed by atoms with Crippen molar-refractivity contribution in [3.8, 4) is 27.8 Å². The van der Waals surface area contributed by atoms with Crippen LogP contribution < -0.4 is 5.73 Å². The number of rotatable bonds is 2. The van der Waals surface area contributed by atoms with Crippen LogP contribution in [0.15, 0.2) is 48.7 Å². The average Bonchev–Trinajstić information content (AvgIpc) is 3.30. The highest BCUT2D eigenvalue weighted by molar-refractivity contribution is 7.22. The van der Waals surface area contributed by atoms with Gasteiger partial charge in [-0.15, -0.1) is 11.3 Å². The van der Waals surface area contributed by atoms with Crippen LogP contribution in [0.1, 0.15) is 41.3 Å². The standard InChI is InChI=1S/C24H20N4OS/c1-24(26)10-9-20(29)16-8-7-14(11-19(16)24)18-13-27-28(2)22(18)23-17(12-25)15-5-3-4-6-21(15)30-23/h3-8,11,13H,9-10,26H2,1-2H3. The van der Waals surface area contributed by atoms with Crippen molar-refractivity contribution in [2.45, 2.75) is 25.3 Å². The minimum Gasteiger partial charge on any atom is -0.322 e. The first kappa shape index (κ1) is 18.7. The molecule has 0 aliphatic heterocycles. The molecule has 4 aromatic rings. The molecule has 2 N–H and O–H groups in total. The number of nitrogens with zero attached hydrogens (tertiary/aromatic N) is 3. The van der Waals surface area contributed by atoms with Crippen LogP contribution in [0.3, 0.4) is 0 Å². The van der Waals surface area contributed by atoms with Gasteiger partial charge in [0.25, 0.3) is 0 Å². The van der Waals surface area contributed by atoms with Gasteiger partial charge in [-0.3, -0.25) is 9.48 Å². The highest BCUT2D eigenvalue weighted by atomic mass is 32.1. The zero-order chi connectivity index (χ0) is 21.0. The number of nitrogens with two attached hydrogens (primary N) is 1. The van der Waals surface area contributed by atoms with E-state index in [1.807, 2.05) is 67.3 Å². The average molecular weight is 413 g/mol. The highest BCUT2D eigenvalue weighted by Gasteiger charge is 2.33. The number of nitriles is 1. The summed E-state index contributed by atoms with van der Waals surface area (Å²) in [4.78, 5) is 13.3. The topological polar surface area (TPSA) is 84.7 Å². The molecular weight excluding hydrogens is 392 g/mol. The molecule has 1 unspecified atom stereocenters. The van der Waals surface area contributed by atoms with E-state index in [1.54, 1.807) is 11.3 Å². The number of aryl methyl sites for hydroxylation is 1. The van der Waals surface area contributed by atoms with E-state index in [0.29, 0.717) is 24.0 Å². The predicted molar refractivity (Wildman–Crippen MR) is 119 cm³/mol. The molecule has 0 saturated carbocycles. The number of thiophene rings is 1. The highest BCUT2D eigenvalue weighted by Crippen LogP contribution is 2.43. The molecule has 148 valence electrons. The van der Waals surface area contributed by atoms with Crippen molar-refractivity contribution in [3.05, 3.63) is 65.4 Å². The minimum absolute atomic E-state index is 0.141. The second kappa shape index (κ2) is 6.63. The van der Waals surface area contributed by atoms with Crippen molar-refractivity contribution in [1.29, 1.82) is 5.26 Å². The number of carbonyl (C=O) groups excluding carboxylic acids is 1. The summed E-state index contributed by atoms with van der Waals surface area (Å²) < 4.78 is 2.88. The van der Waals surface area contributed by atoms with E-state index in [0.717, 1.165) is 37.3 Å². The Hall–Kier alpha value is -3.27. The number of Topliss-reactive ketones (excluding diaryl/α,β-unsaturated/α-hetero) is 1. The molecule has 0 fully saturated rings. The van der Waals surface area contributed by atoms with E-state index in [4.69, 9.17) is 5.73 Å². The third kappa shape index (κ3) is 2.71. The maximum Gasteiger partial charge on any atom is 0.163 e. The van der Waals surface area contributed by atoms with Crippen LogP contribution in [0, 0.1) is 11.3 Å². The molecular formula is C24H20N4OS. The molecule has 0 amide bonds. The number of benzene rings is 2. The zero-order valence-corrected chi connectivity index (χ0v) is 17.6. The molecule has 2 heterocycles. The SMILES string of the molecule is Cn1ncc(-c2ccc3c(c2)C(C)(N)CCC3=O)c1-c1sc2ccccc2c1C#N. The van der Waals surface area contributed by atoms with E-state index < -0.39 is 5.54 Å². The van der Waals surface area contributed by atoms with Crippen molar-refractivity contribution < 1.29 is 4.79 Å². The summed E-state index contributed by atoms with van der Waals surface area (Å²) in [6, 6.07) is 16.2. The lowest BCUT2D eigenvalue weighted by Gasteiger charge is -2.31. The Kier molecular flexibility index (Phi) is 4.14. The molecule has 0 spiro atoms. The van der Waals surface area contributed by atoms with Gasteiger partial charge >= 0.3 is 0 Å². The summed E-state index contributed by atoms with van der Waals surface area (Å²) in [5.41, 5.74) is 11.0. The van der Waals surface area contributed by atoms with Gasteiger partial charge in [0, 0.05) is 40.2 Å². The van der Waals surface area contributed by atoms with Gasteiger partial charge in [-0.1, -0.05) is 30.3 Å². The van der Waals surface area contributed by atoms with Gasteiger partial charge in [0.1, 0.15) is 6.07 Å². The van der Waals surface area contributed by atoms with E-state index in [-0.39, 0.29) is 5.78 Å². The van der Waals surface area contributed by atoms with E-state index in [9.17, 15) is 10.1 Å². The van der Waals surface area contributed by atoms with E-state index in [2.05, 4.69) is 11.2 Å². The van der Waals surface area contributed by atoms with Gasteiger partial charge in [0.05, 0.1) is 22.3 Å². The third-order valence-corrected chi connectivity index (χ3v) is 7.16. The van der Waals surface area contributed by atoms with Crippen LogP contribution in [0.2, 0.25) is 0 Å². The lowest BCUT2D eigenvalue weighted by molar-refractivity contribution is 0.0955. The molecule has 1 atom stereocenters. The molecule has 6 heteroatoms. The van der Waals surface area contributed by atoms with Crippen molar-refractivity contribution in [2.24, 2.45) is 12.8 Å². The Morgan fingerprint density at radius 3 is 2.83 bits per heavy atom. The molecule has 1 aliphatic carbocycles. The van der Waals surface area contributed by atoms with Crippen molar-refractivity contribution in [1.82, 2.24) is 9.78 Å². The summed E-state index contributed by atoms with van der Waals surface area (Å²) >= 11 is 1.60. The fourth-order valence-electron chi connectivity index (χ4n) is 4.31. The molecule has 2 aromatic heterocycles. The lowest BCUT2D eigenvalue weighted by Crippen LogP contribution is -2.38. The number of carbonyl (C=O) groups is 1. The van der Waals surface area contributed by atoms with Crippen LogP contribution in [0.5, 0.6) is 0 Å². The van der Waals surface area contributed by atoms with Crippen LogP contribution in [0.4, 0.5) is 0 Å². The van der Waals surface area contributed by atoms with E-state index >= 15 is 0 Å². The van der Waals surface area contributed by atoms with Crippen LogP contribution >= 0.6 is 11.3 Å². The molecule has 30 heavy (non-hydrogen) atoms. The Bertz CT molecular complexity index is 1370. The first-order chi connectivity index (χ1) is 14.4. The zero-order valence-electron chi connectivity index (χ0n) is 16.8. The summed E-state index contributed by atoms with van der Waals surface area (Å²) in [7, 11) is 1.89. The van der Waals surface area contributed by atoms with Crippen LogP contribution in [-0.2, 0) is 12.6 Å². The minimum atomic E-state index is -0.545. The molecule has 2 aromatic carbocycles. The fraction of sp³-hybridized carbons (Fsp3) is 0.208. The molecule has 0 saturated heterocycles. The first-order valence-electron chi connectivity index (χ1n) is 9.81. The lowest BCUT2D eigenvalue weighted by atomic mass is 9.77. The molecule has 5 nitrogen and oxygen atoms in total. The Morgan fingerprint density at radius 1 is 1.23 bits per heavy atom. The maximum absolute atomic E-state index is 12.4.